The molecule has 178 valence electrons. The standard InChI is InChI=1S/C27H40O5/c1-5-7-8-12-16-22(3)32-26-21-23(30-4)17-15-18-24(26)25(28)19-13-10-9-11-14-20-27(29)31-6-2/h5,7-8,17-18,21-22H,1,6,9-16,19-20H2,2-4H3/b8-7+. The van der Waals surface area contributed by atoms with Gasteiger partial charge in [0, 0.05) is 18.9 Å². The first-order valence-corrected chi connectivity index (χ1v) is 11.8. The fraction of sp³-hybridized carbons (Fsp3) is 0.556. The lowest BCUT2D eigenvalue weighted by Gasteiger charge is -2.18. The lowest BCUT2D eigenvalue weighted by Crippen LogP contribution is -2.14. The first-order valence-electron chi connectivity index (χ1n) is 11.8. The van der Waals surface area contributed by atoms with Gasteiger partial charge >= 0.3 is 5.97 Å². The second-order valence-corrected chi connectivity index (χ2v) is 7.84. The van der Waals surface area contributed by atoms with Crippen LogP contribution in [0.3, 0.4) is 0 Å². The molecule has 5 heteroatoms. The van der Waals surface area contributed by atoms with Gasteiger partial charge in [-0.05, 0) is 52.0 Å². The molecular weight excluding hydrogens is 404 g/mol. The summed E-state index contributed by atoms with van der Waals surface area (Å²) in [6.45, 7) is 7.94. The number of methoxy groups -OCH3 is 1. The van der Waals surface area contributed by atoms with E-state index in [2.05, 4.69) is 12.7 Å². The van der Waals surface area contributed by atoms with E-state index in [0.29, 0.717) is 43.0 Å². The normalized spacial score (nSPS) is 14.7. The molecule has 0 saturated carbocycles. The van der Waals surface area contributed by atoms with E-state index in [1.807, 2.05) is 38.2 Å². The van der Waals surface area contributed by atoms with E-state index in [0.717, 1.165) is 44.9 Å². The highest BCUT2D eigenvalue weighted by molar-refractivity contribution is 5.99. The van der Waals surface area contributed by atoms with Crippen LogP contribution in [-0.4, -0.2) is 31.6 Å². The smallest absolute Gasteiger partial charge is 0.305 e. The first-order chi connectivity index (χ1) is 15.5. The third kappa shape index (κ3) is 11.7. The summed E-state index contributed by atoms with van der Waals surface area (Å²) in [5, 5.41) is 0. The fourth-order valence-corrected chi connectivity index (χ4v) is 3.40. The highest BCUT2D eigenvalue weighted by Gasteiger charge is 2.20. The van der Waals surface area contributed by atoms with Crippen molar-refractivity contribution < 1.29 is 23.8 Å². The highest BCUT2D eigenvalue weighted by Crippen LogP contribution is 2.25. The van der Waals surface area contributed by atoms with Crippen LogP contribution in [-0.2, 0) is 23.8 Å². The predicted octanol–water partition coefficient (Wildman–Crippen LogP) is 6.52. The molecule has 0 heterocycles. The van der Waals surface area contributed by atoms with Crippen molar-refractivity contribution in [3.63, 3.8) is 0 Å². The molecule has 1 rings (SSSR count). The van der Waals surface area contributed by atoms with Crippen LogP contribution in [0.15, 0.2) is 60.1 Å². The molecule has 0 aromatic heterocycles. The number of hydrogen-bond acceptors (Lipinski definition) is 5. The third-order valence-corrected chi connectivity index (χ3v) is 5.15. The molecule has 0 fully saturated rings. The number of rotatable bonds is 17. The molecule has 0 radical (unpaired) electrons. The number of unbranched alkanes of at least 4 members (excludes halogenated alkanes) is 4. The zero-order valence-corrected chi connectivity index (χ0v) is 20.1. The molecular formula is C27H40O5. The van der Waals surface area contributed by atoms with Gasteiger partial charge in [-0.1, -0.05) is 50.1 Å². The number of carbonyl (C=O) groups excluding carboxylic acids is 2. The molecule has 1 aliphatic rings. The molecule has 0 aromatic rings. The summed E-state index contributed by atoms with van der Waals surface area (Å²) in [6.07, 6.45) is 19.4. The molecule has 1 unspecified atom stereocenters. The predicted molar refractivity (Wildman–Crippen MR) is 129 cm³/mol. The van der Waals surface area contributed by atoms with Crippen LogP contribution in [0.2, 0.25) is 0 Å². The van der Waals surface area contributed by atoms with Crippen molar-refractivity contribution >= 4 is 11.8 Å². The molecule has 0 spiro atoms. The topological polar surface area (TPSA) is 61.8 Å². The quantitative estimate of drug-likeness (QED) is 0.145. The molecule has 32 heavy (non-hydrogen) atoms. The van der Waals surface area contributed by atoms with Gasteiger partial charge in [0.25, 0.3) is 0 Å². The number of ether oxygens (including phenoxy) is 3. The zero-order chi connectivity index (χ0) is 23.6. The van der Waals surface area contributed by atoms with E-state index in [1.54, 1.807) is 13.2 Å². The van der Waals surface area contributed by atoms with Gasteiger partial charge in [0.15, 0.2) is 5.78 Å². The summed E-state index contributed by atoms with van der Waals surface area (Å²) in [5.41, 5.74) is 0.643. The summed E-state index contributed by atoms with van der Waals surface area (Å²) in [5.74, 6) is 1.28. The molecule has 0 bridgehead atoms. The maximum Gasteiger partial charge on any atom is 0.305 e. The van der Waals surface area contributed by atoms with Crippen LogP contribution in [0.5, 0.6) is 0 Å². The average Bonchev–Trinajstić information content (AvgIpc) is 2.98. The minimum atomic E-state index is -0.128. The Morgan fingerprint density at radius 3 is 2.53 bits per heavy atom. The summed E-state index contributed by atoms with van der Waals surface area (Å²) in [4.78, 5) is 24.3. The summed E-state index contributed by atoms with van der Waals surface area (Å²) >= 11 is 0. The second-order valence-electron chi connectivity index (χ2n) is 7.84. The van der Waals surface area contributed by atoms with Crippen molar-refractivity contribution in [2.24, 2.45) is 0 Å². The Hall–Kier alpha value is -2.56. The third-order valence-electron chi connectivity index (χ3n) is 5.15. The summed E-state index contributed by atoms with van der Waals surface area (Å²) in [6, 6.07) is 0. The van der Waals surface area contributed by atoms with Crippen molar-refractivity contribution in [2.75, 3.05) is 13.7 Å². The molecule has 5 nitrogen and oxygen atoms in total. The van der Waals surface area contributed by atoms with E-state index in [1.165, 1.54) is 0 Å². The van der Waals surface area contributed by atoms with Gasteiger partial charge in [-0.25, -0.2) is 0 Å². The molecule has 0 aliphatic heterocycles. The Labute approximate surface area is 193 Å². The Bertz CT molecular complexity index is 712. The van der Waals surface area contributed by atoms with Gasteiger partial charge < -0.3 is 14.2 Å². The molecule has 1 atom stereocenters. The molecule has 0 saturated heterocycles. The van der Waals surface area contributed by atoms with E-state index < -0.39 is 0 Å². The minimum Gasteiger partial charge on any atom is -0.497 e. The summed E-state index contributed by atoms with van der Waals surface area (Å²) in [7, 11) is 1.62. The van der Waals surface area contributed by atoms with Gasteiger partial charge in [0.05, 0.1) is 25.4 Å². The van der Waals surface area contributed by atoms with Crippen molar-refractivity contribution in [1.82, 2.24) is 0 Å². The van der Waals surface area contributed by atoms with Gasteiger partial charge in [-0.2, -0.15) is 0 Å². The number of hydrogen-bond donors (Lipinski definition) is 0. The van der Waals surface area contributed by atoms with Crippen LogP contribution in [0.1, 0.15) is 78.1 Å². The molecule has 0 N–H and O–H groups in total. The van der Waals surface area contributed by atoms with Crippen LogP contribution in [0.25, 0.3) is 0 Å². The molecule has 0 amide bonds. The number of ketones is 1. The SMILES string of the molecule is C=C/C=C/CCC(C)OC1=CC(OC)=CCC=C1C(=O)CCCCCCCC(=O)OCC. The average molecular weight is 445 g/mol. The van der Waals surface area contributed by atoms with E-state index in [9.17, 15) is 9.59 Å². The Kier molecular flexibility index (Phi) is 14.6. The Balaban J connectivity index is 2.52. The van der Waals surface area contributed by atoms with Crippen molar-refractivity contribution in [1.29, 1.82) is 0 Å². The van der Waals surface area contributed by atoms with Gasteiger partial charge in [-0.3, -0.25) is 9.59 Å². The number of allylic oxidation sites excluding steroid dienone is 7. The van der Waals surface area contributed by atoms with Crippen LogP contribution in [0, 0.1) is 0 Å². The number of esters is 1. The number of Topliss-reactive ketones (excluding diaryl/α,β-unsaturated/α-hetero) is 1. The zero-order valence-electron chi connectivity index (χ0n) is 20.1. The monoisotopic (exact) mass is 444 g/mol. The lowest BCUT2D eigenvalue weighted by molar-refractivity contribution is -0.143. The first kappa shape index (κ1) is 27.5. The second kappa shape index (κ2) is 17.0. The highest BCUT2D eigenvalue weighted by atomic mass is 16.5. The van der Waals surface area contributed by atoms with E-state index in [-0.39, 0.29) is 17.9 Å². The van der Waals surface area contributed by atoms with E-state index in [4.69, 9.17) is 14.2 Å². The largest absolute Gasteiger partial charge is 0.497 e. The van der Waals surface area contributed by atoms with Crippen molar-refractivity contribution in [3.8, 4) is 0 Å². The molecule has 0 aromatic carbocycles. The van der Waals surface area contributed by atoms with Gasteiger partial charge in [0.1, 0.15) is 11.5 Å². The van der Waals surface area contributed by atoms with Crippen LogP contribution in [0.4, 0.5) is 0 Å². The molecule has 1 aliphatic carbocycles. The fourth-order valence-electron chi connectivity index (χ4n) is 3.40. The van der Waals surface area contributed by atoms with Crippen molar-refractivity contribution in [2.45, 2.75) is 84.2 Å². The van der Waals surface area contributed by atoms with Gasteiger partial charge in [-0.15, -0.1) is 0 Å². The Morgan fingerprint density at radius 1 is 1.12 bits per heavy atom. The van der Waals surface area contributed by atoms with Crippen molar-refractivity contribution in [3.05, 3.63) is 60.1 Å². The maximum atomic E-state index is 13.0. The summed E-state index contributed by atoms with van der Waals surface area (Å²) < 4.78 is 16.5. The minimum absolute atomic E-state index is 0.0254. The van der Waals surface area contributed by atoms with Crippen LogP contribution < -0.4 is 0 Å². The lowest BCUT2D eigenvalue weighted by atomic mass is 10.0. The van der Waals surface area contributed by atoms with Gasteiger partial charge in [0.2, 0.25) is 0 Å². The van der Waals surface area contributed by atoms with E-state index >= 15 is 0 Å². The maximum absolute atomic E-state index is 13.0. The van der Waals surface area contributed by atoms with Crippen LogP contribution >= 0.6 is 0 Å². The number of carbonyl (C=O) groups is 2. The Morgan fingerprint density at radius 2 is 1.84 bits per heavy atom.